The average Bonchev–Trinajstić information content (AvgIpc) is 2.66. The van der Waals surface area contributed by atoms with Gasteiger partial charge in [0.05, 0.1) is 0 Å². The van der Waals surface area contributed by atoms with Crippen LogP contribution in [-0.4, -0.2) is 24.1 Å². The molecule has 1 aromatic heterocycles. The molecule has 0 aromatic carbocycles. The highest BCUT2D eigenvalue weighted by molar-refractivity contribution is 5.54. The molecule has 0 radical (unpaired) electrons. The van der Waals surface area contributed by atoms with Gasteiger partial charge in [0, 0.05) is 42.8 Å². The van der Waals surface area contributed by atoms with Crippen molar-refractivity contribution >= 4 is 5.69 Å². The van der Waals surface area contributed by atoms with Crippen molar-refractivity contribution in [2.24, 2.45) is 5.92 Å². The summed E-state index contributed by atoms with van der Waals surface area (Å²) >= 11 is 0. The molecule has 3 nitrogen and oxygen atoms in total. The molecule has 1 aliphatic heterocycles. The van der Waals surface area contributed by atoms with E-state index < -0.39 is 0 Å². The zero-order valence-corrected chi connectivity index (χ0v) is 11.1. The van der Waals surface area contributed by atoms with Gasteiger partial charge in [-0.05, 0) is 31.9 Å². The summed E-state index contributed by atoms with van der Waals surface area (Å²) in [5.74, 6) is 0.796. The van der Waals surface area contributed by atoms with Gasteiger partial charge in [-0.2, -0.15) is 0 Å². The summed E-state index contributed by atoms with van der Waals surface area (Å²) in [7, 11) is 0. The molecule has 2 atom stereocenters. The molecule has 0 aliphatic carbocycles. The van der Waals surface area contributed by atoms with E-state index in [1.54, 1.807) is 0 Å². The molecule has 0 bridgehead atoms. The molecule has 3 heteroatoms. The lowest BCUT2D eigenvalue weighted by atomic mass is 10.1. The Morgan fingerprint density at radius 1 is 1.47 bits per heavy atom. The van der Waals surface area contributed by atoms with Gasteiger partial charge in [0.2, 0.25) is 0 Å². The average molecular weight is 233 g/mol. The monoisotopic (exact) mass is 233 g/mol. The Kier molecular flexibility index (Phi) is 4.00. The van der Waals surface area contributed by atoms with Crippen molar-refractivity contribution in [2.75, 3.05) is 18.0 Å². The van der Waals surface area contributed by atoms with Crippen LogP contribution < -0.4 is 10.2 Å². The van der Waals surface area contributed by atoms with Gasteiger partial charge in [-0.25, -0.2) is 0 Å². The van der Waals surface area contributed by atoms with Crippen molar-refractivity contribution < 1.29 is 0 Å². The molecule has 1 N–H and O–H groups in total. The third-order valence-corrected chi connectivity index (χ3v) is 3.54. The van der Waals surface area contributed by atoms with E-state index in [2.05, 4.69) is 42.0 Å². The highest BCUT2D eigenvalue weighted by Crippen LogP contribution is 2.30. The number of rotatable bonds is 4. The first-order valence-corrected chi connectivity index (χ1v) is 6.62. The smallest absolute Gasteiger partial charge is 0.0445 e. The number of hydrogen-bond donors (Lipinski definition) is 1. The van der Waals surface area contributed by atoms with Gasteiger partial charge in [0.25, 0.3) is 0 Å². The van der Waals surface area contributed by atoms with E-state index in [-0.39, 0.29) is 0 Å². The summed E-state index contributed by atoms with van der Waals surface area (Å²) < 4.78 is 0. The molecular formula is C14H23N3. The zero-order valence-electron chi connectivity index (χ0n) is 11.1. The van der Waals surface area contributed by atoms with Crippen molar-refractivity contribution in [3.63, 3.8) is 0 Å². The SMILES string of the molecule is CCNCc1cnccc1N1CC(C)CC1C. The van der Waals surface area contributed by atoms with E-state index in [4.69, 9.17) is 0 Å². The first-order valence-electron chi connectivity index (χ1n) is 6.62. The van der Waals surface area contributed by atoms with Gasteiger partial charge in [0.15, 0.2) is 0 Å². The van der Waals surface area contributed by atoms with Crippen LogP contribution in [0.3, 0.4) is 0 Å². The minimum atomic E-state index is 0.646. The van der Waals surface area contributed by atoms with Crippen LogP contribution in [0, 0.1) is 5.92 Å². The second kappa shape index (κ2) is 5.50. The maximum atomic E-state index is 4.25. The Balaban J connectivity index is 2.19. The highest BCUT2D eigenvalue weighted by atomic mass is 15.2. The molecule has 1 fully saturated rings. The van der Waals surface area contributed by atoms with Crippen LogP contribution in [-0.2, 0) is 6.54 Å². The lowest BCUT2D eigenvalue weighted by Crippen LogP contribution is -2.28. The number of hydrogen-bond acceptors (Lipinski definition) is 3. The number of pyridine rings is 1. The van der Waals surface area contributed by atoms with Crippen LogP contribution in [0.2, 0.25) is 0 Å². The normalized spacial score (nSPS) is 24.3. The van der Waals surface area contributed by atoms with E-state index in [0.29, 0.717) is 6.04 Å². The third kappa shape index (κ3) is 2.78. The van der Waals surface area contributed by atoms with Gasteiger partial charge in [0.1, 0.15) is 0 Å². The maximum absolute atomic E-state index is 4.25. The lowest BCUT2D eigenvalue weighted by Gasteiger charge is -2.26. The van der Waals surface area contributed by atoms with E-state index in [0.717, 1.165) is 19.0 Å². The molecule has 94 valence electrons. The molecule has 2 heterocycles. The summed E-state index contributed by atoms with van der Waals surface area (Å²) in [6.45, 7) is 9.88. The first kappa shape index (κ1) is 12.4. The fourth-order valence-electron chi connectivity index (χ4n) is 2.73. The second-order valence-corrected chi connectivity index (χ2v) is 5.13. The van der Waals surface area contributed by atoms with E-state index in [1.165, 1.54) is 24.2 Å². The maximum Gasteiger partial charge on any atom is 0.0445 e. The van der Waals surface area contributed by atoms with Crippen molar-refractivity contribution in [1.29, 1.82) is 0 Å². The molecule has 1 aromatic rings. The number of aromatic nitrogens is 1. The molecule has 17 heavy (non-hydrogen) atoms. The summed E-state index contributed by atoms with van der Waals surface area (Å²) in [6, 6.07) is 2.80. The summed E-state index contributed by atoms with van der Waals surface area (Å²) in [4.78, 5) is 6.77. The zero-order chi connectivity index (χ0) is 12.3. The van der Waals surface area contributed by atoms with Crippen molar-refractivity contribution in [2.45, 2.75) is 39.8 Å². The largest absolute Gasteiger partial charge is 0.368 e. The Hall–Kier alpha value is -1.09. The summed E-state index contributed by atoms with van der Waals surface area (Å²) in [5, 5.41) is 3.39. The molecule has 0 saturated carbocycles. The molecule has 1 saturated heterocycles. The fraction of sp³-hybridized carbons (Fsp3) is 0.643. The van der Waals surface area contributed by atoms with Gasteiger partial charge in [-0.15, -0.1) is 0 Å². The van der Waals surface area contributed by atoms with E-state index in [9.17, 15) is 0 Å². The van der Waals surface area contributed by atoms with Crippen molar-refractivity contribution in [3.05, 3.63) is 24.0 Å². The minimum Gasteiger partial charge on any atom is -0.368 e. The Bertz CT molecular complexity index is 364. The van der Waals surface area contributed by atoms with Crippen molar-refractivity contribution in [3.8, 4) is 0 Å². The summed E-state index contributed by atoms with van der Waals surface area (Å²) in [5.41, 5.74) is 2.67. The minimum absolute atomic E-state index is 0.646. The fourth-order valence-corrected chi connectivity index (χ4v) is 2.73. The molecular weight excluding hydrogens is 210 g/mol. The predicted molar refractivity (Wildman–Crippen MR) is 72.2 cm³/mol. The third-order valence-electron chi connectivity index (χ3n) is 3.54. The lowest BCUT2D eigenvalue weighted by molar-refractivity contribution is 0.625. The summed E-state index contributed by atoms with van der Waals surface area (Å²) in [6.07, 6.45) is 5.19. The van der Waals surface area contributed by atoms with Crippen LogP contribution in [0.4, 0.5) is 5.69 Å². The Morgan fingerprint density at radius 3 is 2.94 bits per heavy atom. The second-order valence-electron chi connectivity index (χ2n) is 5.13. The van der Waals surface area contributed by atoms with Crippen LogP contribution >= 0.6 is 0 Å². The number of anilines is 1. The number of nitrogens with zero attached hydrogens (tertiary/aromatic N) is 2. The van der Waals surface area contributed by atoms with Crippen LogP contribution in [0.1, 0.15) is 32.8 Å². The standard InChI is InChI=1S/C14H23N3/c1-4-15-8-13-9-16-6-5-14(13)17-10-11(2)7-12(17)3/h5-6,9,11-12,15H,4,7-8,10H2,1-3H3. The quantitative estimate of drug-likeness (QED) is 0.865. The molecule has 2 unspecified atom stereocenters. The van der Waals surface area contributed by atoms with E-state index >= 15 is 0 Å². The van der Waals surface area contributed by atoms with Gasteiger partial charge in [-0.1, -0.05) is 13.8 Å². The van der Waals surface area contributed by atoms with Crippen LogP contribution in [0.5, 0.6) is 0 Å². The Morgan fingerprint density at radius 2 is 2.29 bits per heavy atom. The highest BCUT2D eigenvalue weighted by Gasteiger charge is 2.27. The van der Waals surface area contributed by atoms with Gasteiger partial charge < -0.3 is 10.2 Å². The Labute approximate surface area is 104 Å². The molecule has 1 aliphatic rings. The topological polar surface area (TPSA) is 28.2 Å². The van der Waals surface area contributed by atoms with Gasteiger partial charge >= 0.3 is 0 Å². The molecule has 0 amide bonds. The molecule has 0 spiro atoms. The van der Waals surface area contributed by atoms with Crippen LogP contribution in [0.25, 0.3) is 0 Å². The van der Waals surface area contributed by atoms with Crippen molar-refractivity contribution in [1.82, 2.24) is 10.3 Å². The first-order chi connectivity index (χ1) is 8.22. The van der Waals surface area contributed by atoms with Crippen LogP contribution in [0.15, 0.2) is 18.5 Å². The predicted octanol–water partition coefficient (Wildman–Crippen LogP) is 2.43. The number of nitrogens with one attached hydrogen (secondary N) is 1. The molecule has 2 rings (SSSR count). The van der Waals surface area contributed by atoms with Gasteiger partial charge in [-0.3, -0.25) is 4.98 Å². The van der Waals surface area contributed by atoms with E-state index in [1.807, 2.05) is 12.4 Å².